The normalized spacial score (nSPS) is 27.4. The van der Waals surface area contributed by atoms with Crippen LogP contribution in [0.2, 0.25) is 0 Å². The van der Waals surface area contributed by atoms with Crippen LogP contribution in [0, 0.1) is 23.2 Å². The number of amides is 2. The van der Waals surface area contributed by atoms with Gasteiger partial charge in [-0.15, -0.1) is 0 Å². The Kier molecular flexibility index (Phi) is 6.46. The minimum absolute atomic E-state index is 0.0963. The summed E-state index contributed by atoms with van der Waals surface area (Å²) < 4.78 is 5.03. The minimum atomic E-state index is -0.488. The molecular formula is C29H36N3O3S+. The van der Waals surface area contributed by atoms with Crippen molar-refractivity contribution in [2.45, 2.75) is 61.7 Å². The molecule has 0 aromatic heterocycles. The third kappa shape index (κ3) is 4.63. The maximum atomic E-state index is 13.7. The lowest BCUT2D eigenvalue weighted by atomic mass is 9.49. The second-order valence-corrected chi connectivity index (χ2v) is 12.4. The number of carbonyl (C=O) groups is 2. The second kappa shape index (κ2) is 9.75. The molecule has 0 spiro atoms. The van der Waals surface area contributed by atoms with E-state index in [9.17, 15) is 9.59 Å². The lowest BCUT2D eigenvalue weighted by Crippen LogP contribution is -2.88. The highest BCUT2D eigenvalue weighted by Gasteiger charge is 2.51. The van der Waals surface area contributed by atoms with Gasteiger partial charge in [0.1, 0.15) is 0 Å². The first-order valence-electron chi connectivity index (χ1n) is 13.5. The topological polar surface area (TPSA) is 75.2 Å². The number of ether oxygens (including phenoxy) is 1. The number of rotatable bonds is 7. The van der Waals surface area contributed by atoms with Gasteiger partial charge >= 0.3 is 6.09 Å². The van der Waals surface area contributed by atoms with Gasteiger partial charge in [0.15, 0.2) is 0 Å². The van der Waals surface area contributed by atoms with E-state index < -0.39 is 6.09 Å². The minimum Gasteiger partial charge on any atom is -0.450 e. The van der Waals surface area contributed by atoms with Crippen LogP contribution in [-0.2, 0) is 9.53 Å². The first-order valence-corrected chi connectivity index (χ1v) is 14.3. The number of nitrogens with two attached hydrogens (primary N) is 1. The van der Waals surface area contributed by atoms with Crippen LogP contribution in [0.25, 0.3) is 0 Å². The standard InChI is InChI=1S/C29H35N3O3S/c1-2-35-28(34)31-22-7-8-26-24(14-22)32(23-5-3-4-6-25(23)36-26)27(33)9-10-30-18-29-15-19-11-20(16-29)13-21(12-19)17-29/h3-8,14,19-21,30H,2,9-13,15-18H2,1H3,(H,31,34)/p+1. The van der Waals surface area contributed by atoms with Crippen LogP contribution in [0.4, 0.5) is 21.9 Å². The fraction of sp³-hybridized carbons (Fsp3) is 0.517. The third-order valence-electron chi connectivity index (χ3n) is 8.60. The van der Waals surface area contributed by atoms with Crippen LogP contribution in [0.5, 0.6) is 0 Å². The van der Waals surface area contributed by atoms with Crippen LogP contribution in [0.1, 0.15) is 51.9 Å². The van der Waals surface area contributed by atoms with Gasteiger partial charge in [-0.25, -0.2) is 4.79 Å². The molecule has 190 valence electrons. The number of hydrogen-bond donors (Lipinski definition) is 2. The Morgan fingerprint density at radius 3 is 2.44 bits per heavy atom. The second-order valence-electron chi connectivity index (χ2n) is 11.3. The van der Waals surface area contributed by atoms with Crippen molar-refractivity contribution >= 4 is 40.8 Å². The van der Waals surface area contributed by atoms with E-state index in [2.05, 4.69) is 16.7 Å². The van der Waals surface area contributed by atoms with Crippen molar-refractivity contribution in [1.29, 1.82) is 0 Å². The van der Waals surface area contributed by atoms with E-state index in [1.165, 1.54) is 45.1 Å². The van der Waals surface area contributed by atoms with Gasteiger partial charge < -0.3 is 10.1 Å². The highest BCUT2D eigenvalue weighted by Crippen LogP contribution is 2.59. The molecule has 2 amide bonds. The number of quaternary nitrogens is 1. The van der Waals surface area contributed by atoms with Gasteiger partial charge in [-0.2, -0.15) is 0 Å². The first-order chi connectivity index (χ1) is 17.5. The molecule has 2 aromatic carbocycles. The maximum absolute atomic E-state index is 13.7. The van der Waals surface area contributed by atoms with E-state index in [1.54, 1.807) is 18.7 Å². The van der Waals surface area contributed by atoms with Crippen LogP contribution < -0.4 is 15.5 Å². The van der Waals surface area contributed by atoms with E-state index in [0.717, 1.165) is 45.5 Å². The predicted molar refractivity (Wildman–Crippen MR) is 142 cm³/mol. The molecule has 1 heterocycles. The summed E-state index contributed by atoms with van der Waals surface area (Å²) in [5.74, 6) is 2.98. The number of anilines is 3. The summed E-state index contributed by atoms with van der Waals surface area (Å²) in [6.45, 7) is 4.06. The molecule has 5 aliphatic rings. The zero-order chi connectivity index (χ0) is 24.7. The molecule has 1 aliphatic heterocycles. The Hall–Kier alpha value is -2.51. The monoisotopic (exact) mass is 506 g/mol. The van der Waals surface area contributed by atoms with Gasteiger partial charge in [0.25, 0.3) is 0 Å². The molecule has 4 fully saturated rings. The van der Waals surface area contributed by atoms with Crippen molar-refractivity contribution in [2.24, 2.45) is 23.2 Å². The van der Waals surface area contributed by atoms with Crippen molar-refractivity contribution in [1.82, 2.24) is 0 Å². The molecule has 7 heteroatoms. The molecule has 0 unspecified atom stereocenters. The average Bonchev–Trinajstić information content (AvgIpc) is 2.84. The number of hydrogen-bond acceptors (Lipinski definition) is 4. The number of benzene rings is 2. The van der Waals surface area contributed by atoms with E-state index in [4.69, 9.17) is 4.74 Å². The van der Waals surface area contributed by atoms with Crippen LogP contribution in [0.3, 0.4) is 0 Å². The van der Waals surface area contributed by atoms with E-state index in [-0.39, 0.29) is 5.91 Å². The van der Waals surface area contributed by atoms with Gasteiger partial charge in [0, 0.05) is 20.9 Å². The summed E-state index contributed by atoms with van der Waals surface area (Å²) >= 11 is 1.66. The lowest BCUT2D eigenvalue weighted by Gasteiger charge is -2.56. The fourth-order valence-corrected chi connectivity index (χ4v) is 8.71. The molecule has 2 aromatic rings. The Labute approximate surface area is 217 Å². The van der Waals surface area contributed by atoms with E-state index >= 15 is 0 Å². The van der Waals surface area contributed by atoms with E-state index in [0.29, 0.717) is 24.1 Å². The molecule has 7 rings (SSSR count). The molecule has 0 atom stereocenters. The highest BCUT2D eigenvalue weighted by atomic mass is 32.2. The third-order valence-corrected chi connectivity index (χ3v) is 9.73. The molecule has 0 radical (unpaired) electrons. The van der Waals surface area contributed by atoms with Gasteiger partial charge in [-0.3, -0.25) is 15.0 Å². The number of fused-ring (bicyclic) bond motifs is 2. The van der Waals surface area contributed by atoms with Gasteiger partial charge in [-0.1, -0.05) is 23.9 Å². The quantitative estimate of drug-likeness (QED) is 0.483. The summed E-state index contributed by atoms with van der Waals surface area (Å²) in [7, 11) is 0. The molecule has 4 bridgehead atoms. The highest BCUT2D eigenvalue weighted by molar-refractivity contribution is 7.99. The zero-order valence-electron chi connectivity index (χ0n) is 21.0. The fourth-order valence-electron chi connectivity index (χ4n) is 7.67. The number of para-hydroxylation sites is 1. The van der Waals surface area contributed by atoms with E-state index in [1.807, 2.05) is 41.3 Å². The summed E-state index contributed by atoms with van der Waals surface area (Å²) in [4.78, 5) is 29.6. The smallest absolute Gasteiger partial charge is 0.411 e. The first kappa shape index (κ1) is 23.9. The Bertz CT molecular complexity index is 1130. The number of carbonyl (C=O) groups excluding carboxylic acids is 2. The molecule has 6 nitrogen and oxygen atoms in total. The predicted octanol–water partition coefficient (Wildman–Crippen LogP) is 5.55. The SMILES string of the molecule is CCOC(=O)Nc1ccc2c(c1)N(C(=O)CC[NH2+]CC13CC4CC(CC(C4)C1)C3)c1ccccc1S2. The summed E-state index contributed by atoms with van der Waals surface area (Å²) in [5, 5.41) is 5.19. The van der Waals surface area contributed by atoms with Crippen molar-refractivity contribution in [3.05, 3.63) is 42.5 Å². The lowest BCUT2D eigenvalue weighted by molar-refractivity contribution is -0.668. The Balaban J connectivity index is 1.15. The summed E-state index contributed by atoms with van der Waals surface area (Å²) in [6, 6.07) is 13.8. The van der Waals surface area contributed by atoms with Crippen LogP contribution in [-0.4, -0.2) is 31.7 Å². The summed E-state index contributed by atoms with van der Waals surface area (Å²) in [6.07, 6.45) is 8.62. The largest absolute Gasteiger partial charge is 0.450 e. The molecule has 4 saturated carbocycles. The Morgan fingerprint density at radius 2 is 1.72 bits per heavy atom. The van der Waals surface area contributed by atoms with Gasteiger partial charge in [-0.05, 0) is 93.5 Å². The molecule has 36 heavy (non-hydrogen) atoms. The maximum Gasteiger partial charge on any atom is 0.411 e. The van der Waals surface area contributed by atoms with Gasteiger partial charge in [0.2, 0.25) is 5.91 Å². The number of nitrogens with zero attached hydrogens (tertiary/aromatic N) is 1. The molecule has 4 aliphatic carbocycles. The molecular weight excluding hydrogens is 470 g/mol. The van der Waals surface area contributed by atoms with Gasteiger partial charge in [0.05, 0.1) is 37.5 Å². The van der Waals surface area contributed by atoms with Crippen molar-refractivity contribution in [2.75, 3.05) is 29.9 Å². The van der Waals surface area contributed by atoms with Crippen LogP contribution >= 0.6 is 11.8 Å². The van der Waals surface area contributed by atoms with Crippen molar-refractivity contribution in [3.8, 4) is 0 Å². The average molecular weight is 507 g/mol. The number of nitrogens with one attached hydrogen (secondary N) is 1. The van der Waals surface area contributed by atoms with Crippen molar-refractivity contribution in [3.63, 3.8) is 0 Å². The van der Waals surface area contributed by atoms with Crippen molar-refractivity contribution < 1.29 is 19.6 Å². The zero-order valence-corrected chi connectivity index (χ0v) is 21.8. The summed E-state index contributed by atoms with van der Waals surface area (Å²) in [5.41, 5.74) is 2.87. The van der Waals surface area contributed by atoms with Crippen LogP contribution in [0.15, 0.2) is 52.3 Å². The molecule has 0 saturated heterocycles. The Morgan fingerprint density at radius 1 is 1.03 bits per heavy atom. The molecule has 3 N–H and O–H groups in total.